The van der Waals surface area contributed by atoms with Crippen LogP contribution in [0.2, 0.25) is 5.02 Å². The molecule has 158 valence electrons. The fourth-order valence-corrected chi connectivity index (χ4v) is 3.30. The third-order valence-electron chi connectivity index (χ3n) is 4.91. The second kappa shape index (κ2) is 10.9. The first-order chi connectivity index (χ1) is 14.6. The summed E-state index contributed by atoms with van der Waals surface area (Å²) in [5.74, 6) is 2.19. The molecular formula is C25H28ClNO3. The van der Waals surface area contributed by atoms with Crippen LogP contribution in [0.4, 0.5) is 0 Å². The van der Waals surface area contributed by atoms with Crippen LogP contribution in [0.3, 0.4) is 0 Å². The maximum Gasteiger partial charge on any atom is 0.163 e. The Balaban J connectivity index is 1.55. The van der Waals surface area contributed by atoms with Crippen LogP contribution in [0.1, 0.15) is 22.3 Å². The second-order valence-corrected chi connectivity index (χ2v) is 7.55. The van der Waals surface area contributed by atoms with E-state index in [4.69, 9.17) is 25.8 Å². The molecule has 0 aliphatic heterocycles. The molecule has 3 rings (SSSR count). The highest BCUT2D eigenvalue weighted by Crippen LogP contribution is 2.34. The number of methoxy groups -OCH3 is 2. The third-order valence-corrected chi connectivity index (χ3v) is 5.26. The number of benzene rings is 3. The molecule has 0 heterocycles. The van der Waals surface area contributed by atoms with Crippen LogP contribution in [0.5, 0.6) is 17.2 Å². The van der Waals surface area contributed by atoms with Crippen LogP contribution in [0, 0.1) is 6.92 Å². The lowest BCUT2D eigenvalue weighted by Gasteiger charge is -2.14. The lowest BCUT2D eigenvalue weighted by Crippen LogP contribution is -2.17. The molecule has 0 aromatic heterocycles. The summed E-state index contributed by atoms with van der Waals surface area (Å²) >= 11 is 6.50. The van der Waals surface area contributed by atoms with Gasteiger partial charge in [-0.2, -0.15) is 0 Å². The molecule has 1 N–H and O–H groups in total. The van der Waals surface area contributed by atoms with Crippen molar-refractivity contribution in [3.8, 4) is 17.2 Å². The summed E-state index contributed by atoms with van der Waals surface area (Å²) < 4.78 is 16.7. The molecule has 4 nitrogen and oxygen atoms in total. The molecule has 0 amide bonds. The number of hydrogen-bond donors (Lipinski definition) is 1. The molecule has 5 heteroatoms. The molecule has 0 radical (unpaired) electrons. The molecule has 3 aromatic carbocycles. The van der Waals surface area contributed by atoms with Gasteiger partial charge in [-0.3, -0.25) is 0 Å². The van der Waals surface area contributed by atoms with E-state index in [1.165, 1.54) is 11.1 Å². The highest BCUT2D eigenvalue weighted by Gasteiger charge is 2.11. The average molecular weight is 426 g/mol. The number of ether oxygens (including phenoxy) is 3. The van der Waals surface area contributed by atoms with Gasteiger partial charge in [-0.1, -0.05) is 53.6 Å². The molecule has 0 bridgehead atoms. The van der Waals surface area contributed by atoms with E-state index in [0.717, 1.165) is 29.8 Å². The fourth-order valence-electron chi connectivity index (χ4n) is 3.08. The Bertz CT molecular complexity index is 940. The zero-order valence-corrected chi connectivity index (χ0v) is 18.5. The van der Waals surface area contributed by atoms with E-state index in [0.29, 0.717) is 29.7 Å². The summed E-state index contributed by atoms with van der Waals surface area (Å²) in [5.41, 5.74) is 4.56. The third kappa shape index (κ3) is 6.15. The van der Waals surface area contributed by atoms with E-state index in [1.807, 2.05) is 24.3 Å². The first kappa shape index (κ1) is 22.0. The fraction of sp³-hybridized carbons (Fsp3) is 0.280. The van der Waals surface area contributed by atoms with Crippen LogP contribution in [0.25, 0.3) is 0 Å². The van der Waals surface area contributed by atoms with Gasteiger partial charge in [0.1, 0.15) is 12.4 Å². The topological polar surface area (TPSA) is 39.7 Å². The van der Waals surface area contributed by atoms with Gasteiger partial charge < -0.3 is 19.5 Å². The lowest BCUT2D eigenvalue weighted by atomic mass is 10.1. The van der Waals surface area contributed by atoms with Crippen LogP contribution in [-0.4, -0.2) is 20.8 Å². The van der Waals surface area contributed by atoms with Crippen LogP contribution < -0.4 is 19.5 Å². The quantitative estimate of drug-likeness (QED) is 0.430. The van der Waals surface area contributed by atoms with Gasteiger partial charge in [0.2, 0.25) is 0 Å². The molecule has 0 aliphatic rings. The summed E-state index contributed by atoms with van der Waals surface area (Å²) in [6.45, 7) is 4.03. The largest absolute Gasteiger partial charge is 0.497 e. The number of aryl methyl sites for hydroxylation is 1. The zero-order chi connectivity index (χ0) is 21.3. The van der Waals surface area contributed by atoms with Crippen LogP contribution >= 0.6 is 11.6 Å². The Hall–Kier alpha value is -2.69. The van der Waals surface area contributed by atoms with Crippen molar-refractivity contribution in [2.45, 2.75) is 26.5 Å². The van der Waals surface area contributed by atoms with Gasteiger partial charge in [-0.05, 0) is 54.8 Å². The number of halogens is 1. The number of nitrogens with one attached hydrogen (secondary N) is 1. The molecule has 30 heavy (non-hydrogen) atoms. The summed E-state index contributed by atoms with van der Waals surface area (Å²) in [4.78, 5) is 0. The zero-order valence-electron chi connectivity index (χ0n) is 17.7. The molecule has 0 aliphatic carbocycles. The van der Waals surface area contributed by atoms with Gasteiger partial charge in [0, 0.05) is 17.6 Å². The van der Waals surface area contributed by atoms with Crippen molar-refractivity contribution < 1.29 is 14.2 Å². The monoisotopic (exact) mass is 425 g/mol. The second-order valence-electron chi connectivity index (χ2n) is 7.14. The number of rotatable bonds is 10. The van der Waals surface area contributed by atoms with Crippen LogP contribution in [0.15, 0.2) is 60.7 Å². The standard InChI is InChI=1S/C25H28ClNO3/c1-18-4-6-20(7-5-18)17-30-25-15-23(26)21(14-24(25)29-3)16-27-13-12-19-8-10-22(28-2)11-9-19/h4-11,14-15,27H,12-13,16-17H2,1-3H3. The Kier molecular flexibility index (Phi) is 8.00. The van der Waals surface area contributed by atoms with E-state index in [1.54, 1.807) is 14.2 Å². The average Bonchev–Trinajstić information content (AvgIpc) is 2.77. The van der Waals surface area contributed by atoms with Gasteiger partial charge in [0.05, 0.1) is 14.2 Å². The van der Waals surface area contributed by atoms with Crippen LogP contribution in [-0.2, 0) is 19.6 Å². The Morgan fingerprint density at radius 3 is 2.20 bits per heavy atom. The predicted molar refractivity (Wildman–Crippen MR) is 122 cm³/mol. The summed E-state index contributed by atoms with van der Waals surface area (Å²) in [5, 5.41) is 4.10. The molecular weight excluding hydrogens is 398 g/mol. The molecule has 0 saturated carbocycles. The van der Waals surface area contributed by atoms with E-state index >= 15 is 0 Å². The Morgan fingerprint density at radius 2 is 1.53 bits per heavy atom. The summed E-state index contributed by atoms with van der Waals surface area (Å²) in [6, 6.07) is 20.1. The van der Waals surface area contributed by atoms with Gasteiger partial charge in [-0.15, -0.1) is 0 Å². The molecule has 0 saturated heterocycles. The lowest BCUT2D eigenvalue weighted by molar-refractivity contribution is 0.284. The van der Waals surface area contributed by atoms with Crippen molar-refractivity contribution in [3.05, 3.63) is 87.9 Å². The van der Waals surface area contributed by atoms with Crippen molar-refractivity contribution in [2.24, 2.45) is 0 Å². The normalized spacial score (nSPS) is 10.7. The molecule has 0 spiro atoms. The van der Waals surface area contributed by atoms with Crippen molar-refractivity contribution in [3.63, 3.8) is 0 Å². The van der Waals surface area contributed by atoms with Gasteiger partial charge >= 0.3 is 0 Å². The minimum atomic E-state index is 0.465. The molecule has 0 fully saturated rings. The smallest absolute Gasteiger partial charge is 0.163 e. The van der Waals surface area contributed by atoms with Gasteiger partial charge in [-0.25, -0.2) is 0 Å². The first-order valence-corrected chi connectivity index (χ1v) is 10.3. The van der Waals surface area contributed by atoms with E-state index in [2.05, 4.69) is 48.6 Å². The van der Waals surface area contributed by atoms with Crippen molar-refractivity contribution in [1.82, 2.24) is 5.32 Å². The number of hydrogen-bond acceptors (Lipinski definition) is 4. The van der Waals surface area contributed by atoms with E-state index < -0.39 is 0 Å². The Morgan fingerprint density at radius 1 is 0.833 bits per heavy atom. The maximum absolute atomic E-state index is 6.50. The highest BCUT2D eigenvalue weighted by atomic mass is 35.5. The molecule has 0 atom stereocenters. The molecule has 3 aromatic rings. The van der Waals surface area contributed by atoms with E-state index in [9.17, 15) is 0 Å². The van der Waals surface area contributed by atoms with E-state index in [-0.39, 0.29) is 0 Å². The predicted octanol–water partition coefficient (Wildman–Crippen LogP) is 5.58. The molecule has 0 unspecified atom stereocenters. The van der Waals surface area contributed by atoms with Crippen molar-refractivity contribution in [1.29, 1.82) is 0 Å². The van der Waals surface area contributed by atoms with Crippen molar-refractivity contribution in [2.75, 3.05) is 20.8 Å². The summed E-state index contributed by atoms with van der Waals surface area (Å²) in [7, 11) is 3.32. The minimum absolute atomic E-state index is 0.465. The maximum atomic E-state index is 6.50. The van der Waals surface area contributed by atoms with Gasteiger partial charge in [0.25, 0.3) is 0 Å². The van der Waals surface area contributed by atoms with Gasteiger partial charge in [0.15, 0.2) is 11.5 Å². The first-order valence-electron chi connectivity index (χ1n) is 9.97. The summed E-state index contributed by atoms with van der Waals surface area (Å²) in [6.07, 6.45) is 0.927. The highest BCUT2D eigenvalue weighted by molar-refractivity contribution is 6.31. The van der Waals surface area contributed by atoms with Crippen molar-refractivity contribution >= 4 is 11.6 Å². The SMILES string of the molecule is COc1ccc(CCNCc2cc(OC)c(OCc3ccc(C)cc3)cc2Cl)cc1. The minimum Gasteiger partial charge on any atom is -0.497 e. The Labute approximate surface area is 183 Å².